The van der Waals surface area contributed by atoms with Gasteiger partial charge in [-0.05, 0) is 23.8 Å². The van der Waals surface area contributed by atoms with Gasteiger partial charge >= 0.3 is 22.4 Å². The van der Waals surface area contributed by atoms with Crippen molar-refractivity contribution in [2.75, 3.05) is 12.3 Å². The predicted octanol–water partition coefficient (Wildman–Crippen LogP) is 4.08. The Bertz CT molecular complexity index is 704. The number of nitrogens with zero attached hydrogens (tertiary/aromatic N) is 1. The van der Waals surface area contributed by atoms with Gasteiger partial charge < -0.3 is 17.6 Å². The Balaban J connectivity index is 0.000000297. The first-order chi connectivity index (χ1) is 12.3. The number of aliphatic imine (C=N–C) groups is 1. The van der Waals surface area contributed by atoms with Gasteiger partial charge in [0, 0.05) is 12.3 Å². The Morgan fingerprint density at radius 3 is 1.31 bits per heavy atom. The van der Waals surface area contributed by atoms with Gasteiger partial charge in [0.05, 0.1) is 0 Å². The van der Waals surface area contributed by atoms with E-state index in [1.165, 1.54) is 15.9 Å². The fourth-order valence-corrected chi connectivity index (χ4v) is 5.68. The van der Waals surface area contributed by atoms with Gasteiger partial charge in [-0.1, -0.05) is 95.4 Å². The van der Waals surface area contributed by atoms with Crippen molar-refractivity contribution in [1.82, 2.24) is 0 Å². The average molecular weight is 577 g/mol. The summed E-state index contributed by atoms with van der Waals surface area (Å²) in [7, 11) is -0.446. The fourth-order valence-electron chi connectivity index (χ4n) is 2.49. The second kappa shape index (κ2) is 11.7. The van der Waals surface area contributed by atoms with E-state index in [1.54, 1.807) is 11.8 Å². The number of hydrogen-bond acceptors (Lipinski definition) is 3. The molecule has 1 nitrogen and oxygen atoms in total. The smallest absolute Gasteiger partial charge is 0.754 e. The molecule has 0 saturated carbocycles. The van der Waals surface area contributed by atoms with E-state index in [2.05, 4.69) is 96.0 Å². The molecule has 0 amide bonds. The number of benzene rings is 3. The molecule has 26 heavy (non-hydrogen) atoms. The number of thioether (sulfide) groups is 1. The molecular formula is C21H19AuNPS2. The third-order valence-electron chi connectivity index (χ3n) is 3.60. The van der Waals surface area contributed by atoms with Crippen molar-refractivity contribution in [2.45, 2.75) is 0 Å². The molecule has 0 aromatic heterocycles. The Hall–Kier alpha value is -0.930. The monoisotopic (exact) mass is 577 g/mol. The van der Waals surface area contributed by atoms with Crippen molar-refractivity contribution < 1.29 is 22.4 Å². The molecule has 0 N–H and O–H groups in total. The molecule has 0 aliphatic carbocycles. The third kappa shape index (κ3) is 6.35. The van der Waals surface area contributed by atoms with Crippen LogP contribution in [0.25, 0.3) is 0 Å². The van der Waals surface area contributed by atoms with E-state index in [0.29, 0.717) is 0 Å². The molecule has 136 valence electrons. The van der Waals surface area contributed by atoms with E-state index in [4.69, 9.17) is 12.6 Å². The summed E-state index contributed by atoms with van der Waals surface area (Å²) >= 11 is 6.38. The standard InChI is InChI=1S/C18H15P.C3H5NS2.Au/c1-4-10-16(11-5-1)19(17-12-6-2-7-13-17)18-14-8-3-9-15-18;5-3-4-1-2-6-3;/h1-15H;1-2H2,(H,4,5);/q;;+1/p-1. The van der Waals surface area contributed by atoms with Crippen molar-refractivity contribution in [3.05, 3.63) is 91.0 Å². The Kier molecular flexibility index (Phi) is 9.63. The van der Waals surface area contributed by atoms with Crippen LogP contribution in [0.15, 0.2) is 96.0 Å². The maximum Gasteiger partial charge on any atom is 1.00 e. The van der Waals surface area contributed by atoms with Crippen LogP contribution in [0, 0.1) is 0 Å². The van der Waals surface area contributed by atoms with Crippen LogP contribution in [-0.4, -0.2) is 16.7 Å². The molecule has 0 saturated heterocycles. The molecule has 1 heterocycles. The van der Waals surface area contributed by atoms with Gasteiger partial charge in [0.25, 0.3) is 0 Å². The molecule has 0 atom stereocenters. The van der Waals surface area contributed by atoms with E-state index < -0.39 is 7.92 Å². The van der Waals surface area contributed by atoms with Crippen molar-refractivity contribution in [3.8, 4) is 0 Å². The van der Waals surface area contributed by atoms with E-state index in [9.17, 15) is 0 Å². The van der Waals surface area contributed by atoms with Gasteiger partial charge in [-0.2, -0.15) is 0 Å². The quantitative estimate of drug-likeness (QED) is 0.265. The normalized spacial score (nSPS) is 12.6. The van der Waals surface area contributed by atoms with E-state index >= 15 is 0 Å². The largest absolute Gasteiger partial charge is 1.00 e. The average Bonchev–Trinajstić information content (AvgIpc) is 3.16. The summed E-state index contributed by atoms with van der Waals surface area (Å²) in [5.74, 6) is 1.10. The van der Waals surface area contributed by atoms with Crippen molar-refractivity contribution >= 4 is 52.6 Å². The van der Waals surface area contributed by atoms with Crippen molar-refractivity contribution in [3.63, 3.8) is 0 Å². The van der Waals surface area contributed by atoms with Crippen molar-refractivity contribution in [1.29, 1.82) is 0 Å². The second-order valence-corrected chi connectivity index (χ2v) is 9.29. The number of rotatable bonds is 3. The number of hydrogen-bond donors (Lipinski definition) is 0. The molecule has 0 radical (unpaired) electrons. The van der Waals surface area contributed by atoms with Crippen LogP contribution in [0.5, 0.6) is 0 Å². The molecule has 1 aliphatic rings. The van der Waals surface area contributed by atoms with Crippen LogP contribution in [0.2, 0.25) is 0 Å². The molecular weight excluding hydrogens is 558 g/mol. The summed E-state index contributed by atoms with van der Waals surface area (Å²) in [4.78, 5) is 3.93. The van der Waals surface area contributed by atoms with Crippen LogP contribution in [0.3, 0.4) is 0 Å². The second-order valence-electron chi connectivity index (χ2n) is 5.34. The minimum atomic E-state index is -0.446. The van der Waals surface area contributed by atoms with Gasteiger partial charge in [0.2, 0.25) is 0 Å². The summed E-state index contributed by atoms with van der Waals surface area (Å²) in [6, 6.07) is 32.3. The summed E-state index contributed by atoms with van der Waals surface area (Å²) in [5, 5.41) is 4.19. The van der Waals surface area contributed by atoms with Crippen molar-refractivity contribution in [2.24, 2.45) is 4.99 Å². The zero-order valence-electron chi connectivity index (χ0n) is 14.1. The maximum absolute atomic E-state index is 4.72. The van der Waals surface area contributed by atoms with Gasteiger partial charge in [-0.15, -0.1) is 11.8 Å². The summed E-state index contributed by atoms with van der Waals surface area (Å²) < 4.78 is 0.829. The summed E-state index contributed by atoms with van der Waals surface area (Å²) in [6.07, 6.45) is 0. The first kappa shape index (κ1) is 21.4. The molecule has 4 rings (SSSR count). The maximum atomic E-state index is 4.72. The Morgan fingerprint density at radius 1 is 0.692 bits per heavy atom. The summed E-state index contributed by atoms with van der Waals surface area (Å²) in [5.41, 5.74) is 0. The third-order valence-corrected chi connectivity index (χ3v) is 7.29. The molecule has 0 fully saturated rings. The van der Waals surface area contributed by atoms with Gasteiger partial charge in [-0.3, -0.25) is 0 Å². The zero-order chi connectivity index (χ0) is 17.3. The van der Waals surface area contributed by atoms with Gasteiger partial charge in [-0.25, -0.2) is 0 Å². The van der Waals surface area contributed by atoms with E-state index in [0.717, 1.165) is 16.7 Å². The van der Waals surface area contributed by atoms with E-state index in [1.807, 2.05) is 0 Å². The first-order valence-corrected chi connectivity index (χ1v) is 10.9. The fraction of sp³-hybridized carbons (Fsp3) is 0.0952. The van der Waals surface area contributed by atoms with E-state index in [-0.39, 0.29) is 22.4 Å². The first-order valence-electron chi connectivity index (χ1n) is 8.14. The van der Waals surface area contributed by atoms with Crippen LogP contribution >= 0.6 is 19.7 Å². The molecule has 5 heteroatoms. The molecule has 0 spiro atoms. The summed E-state index contributed by atoms with van der Waals surface area (Å²) in [6.45, 7) is 0.934. The Labute approximate surface area is 182 Å². The van der Waals surface area contributed by atoms with Crippen LogP contribution in [0.4, 0.5) is 0 Å². The molecule has 3 aromatic carbocycles. The minimum Gasteiger partial charge on any atom is -0.754 e. The topological polar surface area (TPSA) is 12.4 Å². The minimum absolute atomic E-state index is 0. The van der Waals surface area contributed by atoms with Crippen LogP contribution < -0.4 is 15.9 Å². The van der Waals surface area contributed by atoms with Crippen LogP contribution in [0.1, 0.15) is 0 Å². The van der Waals surface area contributed by atoms with Gasteiger partial charge in [0.1, 0.15) is 0 Å². The molecule has 1 aliphatic heterocycles. The Morgan fingerprint density at radius 2 is 1.08 bits per heavy atom. The predicted molar refractivity (Wildman–Crippen MR) is 117 cm³/mol. The van der Waals surface area contributed by atoms with Gasteiger partial charge in [0.15, 0.2) is 0 Å². The molecule has 3 aromatic rings. The molecule has 0 bridgehead atoms. The van der Waals surface area contributed by atoms with Crippen LogP contribution in [-0.2, 0) is 35.0 Å². The zero-order valence-corrected chi connectivity index (χ0v) is 18.8. The molecule has 0 unspecified atom stereocenters. The SMILES string of the molecule is [Au+].[S-]C1=NCCS1.c1ccc(P(c2ccccc2)c2ccccc2)cc1.